The maximum absolute atomic E-state index is 5.81. The zero-order chi connectivity index (χ0) is 11.7. The molecule has 0 bridgehead atoms. The van der Waals surface area contributed by atoms with Crippen LogP contribution in [0.25, 0.3) is 0 Å². The van der Waals surface area contributed by atoms with E-state index in [1.165, 1.54) is 0 Å². The molecule has 0 aliphatic carbocycles. The molecule has 0 heterocycles. The van der Waals surface area contributed by atoms with Gasteiger partial charge >= 0.3 is 0 Å². The second kappa shape index (κ2) is 9.33. The Bertz CT molecular complexity index is 132. The second-order valence-corrected chi connectivity index (χ2v) is 5.48. The van der Waals surface area contributed by atoms with E-state index in [1.54, 1.807) is 7.11 Å². The van der Waals surface area contributed by atoms with Gasteiger partial charge in [-0.05, 0) is 26.7 Å². The zero-order valence-electron chi connectivity index (χ0n) is 10.8. The fourth-order valence-electron chi connectivity index (χ4n) is 1.09. The largest absolute Gasteiger partial charge is 0.427 e. The molecule has 2 atom stereocenters. The van der Waals surface area contributed by atoms with Gasteiger partial charge in [0.25, 0.3) is 0 Å². The summed E-state index contributed by atoms with van der Waals surface area (Å²) in [5, 5.41) is 0. The standard InChI is InChI=1S/C11H26O3Si/c1-6-9(3)13-11(8-15-12-5)14-10(4)7-2/h9-11H,6-8,15H2,1-5H3. The average molecular weight is 234 g/mol. The van der Waals surface area contributed by atoms with Crippen molar-refractivity contribution in [2.24, 2.45) is 0 Å². The molecule has 0 aromatic heterocycles. The third kappa shape index (κ3) is 7.96. The van der Waals surface area contributed by atoms with Gasteiger partial charge in [-0.2, -0.15) is 0 Å². The Hall–Kier alpha value is 0.0969. The van der Waals surface area contributed by atoms with E-state index in [2.05, 4.69) is 27.7 Å². The second-order valence-electron chi connectivity index (χ2n) is 3.92. The summed E-state index contributed by atoms with van der Waals surface area (Å²) in [6.45, 7) is 8.42. The fraction of sp³-hybridized carbons (Fsp3) is 1.00. The lowest BCUT2D eigenvalue weighted by Crippen LogP contribution is -2.27. The van der Waals surface area contributed by atoms with Crippen LogP contribution in [-0.2, 0) is 13.9 Å². The minimum absolute atomic E-state index is 0.0680. The zero-order valence-corrected chi connectivity index (χ0v) is 12.2. The molecule has 0 aromatic rings. The summed E-state index contributed by atoms with van der Waals surface area (Å²) in [6, 6.07) is 0.936. The predicted molar refractivity (Wildman–Crippen MR) is 65.8 cm³/mol. The monoisotopic (exact) mass is 234 g/mol. The Morgan fingerprint density at radius 2 is 1.47 bits per heavy atom. The lowest BCUT2D eigenvalue weighted by atomic mass is 10.3. The van der Waals surface area contributed by atoms with Crippen molar-refractivity contribution in [1.29, 1.82) is 0 Å². The van der Waals surface area contributed by atoms with Crippen LogP contribution in [0.3, 0.4) is 0 Å². The van der Waals surface area contributed by atoms with E-state index in [1.807, 2.05) is 0 Å². The molecule has 0 radical (unpaired) electrons. The summed E-state index contributed by atoms with van der Waals surface area (Å²) < 4.78 is 16.8. The van der Waals surface area contributed by atoms with Crippen LogP contribution in [0.15, 0.2) is 0 Å². The van der Waals surface area contributed by atoms with Crippen LogP contribution in [0.4, 0.5) is 0 Å². The summed E-state index contributed by atoms with van der Waals surface area (Å²) in [5.41, 5.74) is 0. The maximum atomic E-state index is 5.81. The van der Waals surface area contributed by atoms with Crippen molar-refractivity contribution in [3.8, 4) is 0 Å². The molecule has 0 aliphatic heterocycles. The van der Waals surface area contributed by atoms with E-state index in [4.69, 9.17) is 13.9 Å². The summed E-state index contributed by atoms with van der Waals surface area (Å²) in [7, 11) is 1.28. The fourth-order valence-corrected chi connectivity index (χ4v) is 1.79. The quantitative estimate of drug-likeness (QED) is 0.452. The Balaban J connectivity index is 3.93. The highest BCUT2D eigenvalue weighted by Gasteiger charge is 2.15. The molecule has 2 unspecified atom stereocenters. The van der Waals surface area contributed by atoms with Gasteiger partial charge in [0.05, 0.1) is 12.2 Å². The maximum Gasteiger partial charge on any atom is 0.166 e. The van der Waals surface area contributed by atoms with Crippen molar-refractivity contribution in [2.45, 2.75) is 65.1 Å². The Morgan fingerprint density at radius 1 is 1.00 bits per heavy atom. The molecular formula is C11H26O3Si. The first kappa shape index (κ1) is 15.1. The molecule has 0 aromatic carbocycles. The SMILES string of the molecule is CCC(C)OC(C[SiH2]OC)OC(C)CC. The van der Waals surface area contributed by atoms with Crippen LogP contribution >= 0.6 is 0 Å². The summed E-state index contributed by atoms with van der Waals surface area (Å²) in [4.78, 5) is 0. The Labute approximate surface area is 96.4 Å². The van der Waals surface area contributed by atoms with Crippen molar-refractivity contribution < 1.29 is 13.9 Å². The highest BCUT2D eigenvalue weighted by molar-refractivity contribution is 6.27. The molecule has 3 nitrogen and oxygen atoms in total. The van der Waals surface area contributed by atoms with Crippen LogP contribution in [0, 0.1) is 0 Å². The summed E-state index contributed by atoms with van der Waals surface area (Å²) in [6.07, 6.45) is 2.51. The van der Waals surface area contributed by atoms with Crippen LogP contribution in [-0.4, -0.2) is 35.4 Å². The third-order valence-electron chi connectivity index (χ3n) is 2.48. The smallest absolute Gasteiger partial charge is 0.166 e. The molecule has 0 saturated carbocycles. The molecule has 0 spiro atoms. The Morgan fingerprint density at radius 3 is 1.80 bits per heavy atom. The first-order valence-corrected chi connectivity index (χ1v) is 7.51. The summed E-state index contributed by atoms with van der Waals surface area (Å²) >= 11 is 0. The van der Waals surface area contributed by atoms with E-state index >= 15 is 0 Å². The summed E-state index contributed by atoms with van der Waals surface area (Å²) in [5.74, 6) is 0. The number of rotatable bonds is 9. The van der Waals surface area contributed by atoms with E-state index in [9.17, 15) is 0 Å². The molecule has 0 fully saturated rings. The highest BCUT2D eigenvalue weighted by Crippen LogP contribution is 2.11. The van der Waals surface area contributed by atoms with Crippen LogP contribution in [0.5, 0.6) is 0 Å². The van der Waals surface area contributed by atoms with Crippen LogP contribution < -0.4 is 0 Å². The first-order valence-electron chi connectivity index (χ1n) is 5.93. The number of hydrogen-bond acceptors (Lipinski definition) is 3. The minimum atomic E-state index is -0.477. The molecular weight excluding hydrogens is 208 g/mol. The molecule has 15 heavy (non-hydrogen) atoms. The molecule has 0 aliphatic rings. The average Bonchev–Trinajstić information content (AvgIpc) is 2.25. The number of ether oxygens (including phenoxy) is 2. The van der Waals surface area contributed by atoms with Crippen molar-refractivity contribution in [3.63, 3.8) is 0 Å². The first-order chi connectivity index (χ1) is 7.13. The third-order valence-corrected chi connectivity index (χ3v) is 3.59. The molecule has 0 saturated heterocycles. The van der Waals surface area contributed by atoms with Gasteiger partial charge in [-0.3, -0.25) is 0 Å². The van der Waals surface area contributed by atoms with Gasteiger partial charge in [-0.1, -0.05) is 13.8 Å². The van der Waals surface area contributed by atoms with Gasteiger partial charge in [0.2, 0.25) is 0 Å². The van der Waals surface area contributed by atoms with E-state index in [0.717, 1.165) is 18.9 Å². The van der Waals surface area contributed by atoms with E-state index < -0.39 is 9.76 Å². The minimum Gasteiger partial charge on any atom is -0.427 e. The van der Waals surface area contributed by atoms with E-state index in [-0.39, 0.29) is 18.5 Å². The van der Waals surface area contributed by atoms with Gasteiger partial charge < -0.3 is 13.9 Å². The lowest BCUT2D eigenvalue weighted by Gasteiger charge is -2.24. The van der Waals surface area contributed by atoms with Crippen LogP contribution in [0.1, 0.15) is 40.5 Å². The highest BCUT2D eigenvalue weighted by atomic mass is 28.2. The lowest BCUT2D eigenvalue weighted by molar-refractivity contribution is -0.178. The van der Waals surface area contributed by atoms with Crippen molar-refractivity contribution >= 4 is 9.76 Å². The Kier molecular flexibility index (Phi) is 9.39. The molecule has 4 heteroatoms. The van der Waals surface area contributed by atoms with Gasteiger partial charge in [0, 0.05) is 13.2 Å². The van der Waals surface area contributed by atoms with Crippen molar-refractivity contribution in [2.75, 3.05) is 7.11 Å². The van der Waals surface area contributed by atoms with Crippen LogP contribution in [0.2, 0.25) is 6.04 Å². The number of hydrogen-bond donors (Lipinski definition) is 0. The molecule has 0 amide bonds. The normalized spacial score (nSPS) is 18.2. The molecule has 92 valence electrons. The van der Waals surface area contributed by atoms with Gasteiger partial charge in [-0.25, -0.2) is 0 Å². The molecule has 0 N–H and O–H groups in total. The molecule has 0 rings (SSSR count). The predicted octanol–water partition coefficient (Wildman–Crippen LogP) is 2.09. The van der Waals surface area contributed by atoms with Gasteiger partial charge in [0.15, 0.2) is 16.1 Å². The van der Waals surface area contributed by atoms with Gasteiger partial charge in [-0.15, -0.1) is 0 Å². The van der Waals surface area contributed by atoms with Crippen molar-refractivity contribution in [1.82, 2.24) is 0 Å². The van der Waals surface area contributed by atoms with Gasteiger partial charge in [0.1, 0.15) is 0 Å². The topological polar surface area (TPSA) is 27.7 Å². The van der Waals surface area contributed by atoms with E-state index in [0.29, 0.717) is 0 Å². The van der Waals surface area contributed by atoms with Crippen molar-refractivity contribution in [3.05, 3.63) is 0 Å².